The molecule has 7 nitrogen and oxygen atoms in total. The maximum Gasteiger partial charge on any atom is 0.340 e. The van der Waals surface area contributed by atoms with E-state index in [4.69, 9.17) is 9.72 Å². The number of hydrogen-bond donors (Lipinski definition) is 0. The highest BCUT2D eigenvalue weighted by Gasteiger charge is 2.27. The fourth-order valence-corrected chi connectivity index (χ4v) is 4.56. The molecule has 2 aromatic heterocycles. The number of rotatable bonds is 4. The summed E-state index contributed by atoms with van der Waals surface area (Å²) in [5.74, 6) is -0.511. The quantitative estimate of drug-likeness (QED) is 0.363. The first-order chi connectivity index (χ1) is 17.2. The van der Waals surface area contributed by atoms with Crippen molar-refractivity contribution in [1.82, 2.24) is 20.0 Å². The maximum atomic E-state index is 13.4. The monoisotopic (exact) mass is 460 g/mol. The number of carbonyl (C=O) groups excluding carboxylic acids is 1. The zero-order valence-electron chi connectivity index (χ0n) is 18.7. The Labute approximate surface area is 200 Å². The van der Waals surface area contributed by atoms with Gasteiger partial charge in [-0.3, -0.25) is 4.79 Å². The molecule has 7 heteroatoms. The number of aromatic nitrogens is 4. The lowest BCUT2D eigenvalue weighted by Crippen LogP contribution is -2.26. The average Bonchev–Trinajstić information content (AvgIpc) is 3.29. The van der Waals surface area contributed by atoms with E-state index >= 15 is 0 Å². The summed E-state index contributed by atoms with van der Waals surface area (Å²) in [6.07, 6.45) is 3.59. The van der Waals surface area contributed by atoms with Crippen molar-refractivity contribution in [3.8, 4) is 0 Å². The Morgan fingerprint density at radius 2 is 1.60 bits per heavy atom. The van der Waals surface area contributed by atoms with Crippen LogP contribution < -0.4 is 5.56 Å². The third-order valence-corrected chi connectivity index (χ3v) is 6.23. The Bertz CT molecular complexity index is 1690. The van der Waals surface area contributed by atoms with E-state index in [-0.39, 0.29) is 12.3 Å². The van der Waals surface area contributed by atoms with Gasteiger partial charge in [0.05, 0.1) is 22.2 Å². The molecule has 0 radical (unpaired) electrons. The lowest BCUT2D eigenvalue weighted by Gasteiger charge is -2.13. The van der Waals surface area contributed by atoms with Crippen molar-refractivity contribution < 1.29 is 9.53 Å². The molecule has 2 heterocycles. The number of esters is 1. The fourth-order valence-electron chi connectivity index (χ4n) is 4.56. The number of pyridine rings is 1. The number of benzene rings is 3. The van der Waals surface area contributed by atoms with Crippen molar-refractivity contribution in [2.45, 2.75) is 19.6 Å². The highest BCUT2D eigenvalue weighted by atomic mass is 16.5. The number of nitrogens with zero attached hydrogens (tertiary/aromatic N) is 4. The number of hydrogen-bond acceptors (Lipinski definition) is 6. The normalized spacial score (nSPS) is 13.9. The summed E-state index contributed by atoms with van der Waals surface area (Å²) in [6, 6.07) is 24.5. The summed E-state index contributed by atoms with van der Waals surface area (Å²) in [5.41, 5.74) is 5.21. The van der Waals surface area contributed by atoms with Crippen LogP contribution in [0.15, 0.2) is 83.7 Å². The predicted molar refractivity (Wildman–Crippen MR) is 134 cm³/mol. The maximum absolute atomic E-state index is 13.4. The third-order valence-electron chi connectivity index (χ3n) is 6.23. The predicted octanol–water partition coefficient (Wildman–Crippen LogP) is 4.64. The van der Waals surface area contributed by atoms with Gasteiger partial charge in [0, 0.05) is 5.39 Å². The molecule has 5 aromatic rings. The summed E-state index contributed by atoms with van der Waals surface area (Å²) < 4.78 is 6.67. The molecule has 170 valence electrons. The van der Waals surface area contributed by atoms with E-state index in [1.54, 1.807) is 24.3 Å². The summed E-state index contributed by atoms with van der Waals surface area (Å²) >= 11 is 0. The minimum Gasteiger partial charge on any atom is -0.439 e. The van der Waals surface area contributed by atoms with E-state index in [0.717, 1.165) is 44.4 Å². The Morgan fingerprint density at radius 1 is 0.886 bits per heavy atom. The molecule has 0 saturated heterocycles. The molecule has 35 heavy (non-hydrogen) atoms. The smallest absolute Gasteiger partial charge is 0.340 e. The Morgan fingerprint density at radius 3 is 2.43 bits per heavy atom. The highest BCUT2D eigenvalue weighted by molar-refractivity contribution is 6.07. The molecular formula is C28H20N4O3. The number of carbonyl (C=O) groups is 1. The summed E-state index contributed by atoms with van der Waals surface area (Å²) in [6.45, 7) is -0.326. The standard InChI is InChI=1S/C28H20N4O3/c33-27-21-11-5-7-13-24(21)30-31-32(27)17-35-28(34)25-20-10-4-6-12-23(20)29-26-19(14-15-22(25)26)16-18-8-2-1-3-9-18/h1-13,16H,14-15,17H2. The van der Waals surface area contributed by atoms with E-state index < -0.39 is 5.97 Å². The van der Waals surface area contributed by atoms with Crippen molar-refractivity contribution in [2.24, 2.45) is 0 Å². The average molecular weight is 460 g/mol. The first-order valence-corrected chi connectivity index (χ1v) is 11.4. The zero-order valence-corrected chi connectivity index (χ0v) is 18.7. The van der Waals surface area contributed by atoms with Crippen molar-refractivity contribution in [3.63, 3.8) is 0 Å². The van der Waals surface area contributed by atoms with Crippen LogP contribution in [-0.4, -0.2) is 25.9 Å². The van der Waals surface area contributed by atoms with Gasteiger partial charge in [0.1, 0.15) is 5.52 Å². The van der Waals surface area contributed by atoms with Crippen LogP contribution in [-0.2, 0) is 17.9 Å². The first-order valence-electron chi connectivity index (χ1n) is 11.4. The van der Waals surface area contributed by atoms with Gasteiger partial charge in [0.2, 0.25) is 0 Å². The Hall–Kier alpha value is -4.65. The number of fused-ring (bicyclic) bond motifs is 3. The molecule has 0 aliphatic heterocycles. The van der Waals surface area contributed by atoms with Gasteiger partial charge in [-0.15, -0.1) is 5.10 Å². The Kier molecular flexibility index (Phi) is 5.15. The molecule has 0 fully saturated rings. The minimum atomic E-state index is -0.511. The van der Waals surface area contributed by atoms with Gasteiger partial charge in [0.25, 0.3) is 5.56 Å². The molecule has 1 aliphatic rings. The number of allylic oxidation sites excluding steroid dienone is 1. The first kappa shape index (κ1) is 20.9. The van der Waals surface area contributed by atoms with E-state index in [9.17, 15) is 9.59 Å². The van der Waals surface area contributed by atoms with Crippen LogP contribution in [0.25, 0.3) is 33.5 Å². The zero-order chi connectivity index (χ0) is 23.8. The molecule has 0 saturated carbocycles. The van der Waals surface area contributed by atoms with Crippen LogP contribution in [0.1, 0.15) is 33.6 Å². The number of ether oxygens (including phenoxy) is 1. The van der Waals surface area contributed by atoms with Crippen molar-refractivity contribution in [2.75, 3.05) is 0 Å². The van der Waals surface area contributed by atoms with E-state index in [0.29, 0.717) is 22.9 Å². The van der Waals surface area contributed by atoms with Gasteiger partial charge in [-0.2, -0.15) is 4.68 Å². The lowest BCUT2D eigenvalue weighted by molar-refractivity contribution is 0.0337. The SMILES string of the molecule is O=C(OCn1nnc2ccccc2c1=O)c1c2c(nc3ccccc13)C(=Cc1ccccc1)CC2. The van der Waals surface area contributed by atoms with Gasteiger partial charge in [0.15, 0.2) is 6.73 Å². The lowest BCUT2D eigenvalue weighted by atomic mass is 10.0. The van der Waals surface area contributed by atoms with Gasteiger partial charge in [-0.1, -0.05) is 65.9 Å². The molecule has 0 atom stereocenters. The van der Waals surface area contributed by atoms with Crippen LogP contribution in [0.5, 0.6) is 0 Å². The third kappa shape index (κ3) is 3.77. The molecule has 6 rings (SSSR count). The van der Waals surface area contributed by atoms with Gasteiger partial charge < -0.3 is 4.74 Å². The van der Waals surface area contributed by atoms with Gasteiger partial charge >= 0.3 is 5.97 Å². The second-order valence-corrected chi connectivity index (χ2v) is 8.38. The topological polar surface area (TPSA) is 87.0 Å². The fraction of sp³-hybridized carbons (Fsp3) is 0.107. The summed E-state index contributed by atoms with van der Waals surface area (Å²) in [4.78, 5) is 31.0. The molecular weight excluding hydrogens is 440 g/mol. The van der Waals surface area contributed by atoms with Crippen molar-refractivity contribution in [3.05, 3.63) is 112 Å². The van der Waals surface area contributed by atoms with Gasteiger partial charge in [-0.05, 0) is 53.8 Å². The van der Waals surface area contributed by atoms with Crippen LogP contribution in [0.3, 0.4) is 0 Å². The van der Waals surface area contributed by atoms with Gasteiger partial charge in [-0.25, -0.2) is 9.78 Å². The van der Waals surface area contributed by atoms with E-state index in [2.05, 4.69) is 16.4 Å². The highest BCUT2D eigenvalue weighted by Crippen LogP contribution is 2.37. The second-order valence-electron chi connectivity index (χ2n) is 8.38. The molecule has 0 spiro atoms. The molecule has 0 unspecified atom stereocenters. The molecule has 0 amide bonds. The largest absolute Gasteiger partial charge is 0.439 e. The van der Waals surface area contributed by atoms with E-state index in [1.165, 1.54) is 0 Å². The minimum absolute atomic E-state index is 0.326. The molecule has 0 bridgehead atoms. The second kappa shape index (κ2) is 8.61. The Balaban J connectivity index is 1.38. The van der Waals surface area contributed by atoms with Crippen LogP contribution >= 0.6 is 0 Å². The molecule has 1 aliphatic carbocycles. The molecule has 0 N–H and O–H groups in total. The summed E-state index contributed by atoms with van der Waals surface area (Å²) in [7, 11) is 0. The molecule has 3 aromatic carbocycles. The van der Waals surface area contributed by atoms with Crippen LogP contribution in [0.2, 0.25) is 0 Å². The van der Waals surface area contributed by atoms with Crippen molar-refractivity contribution >= 4 is 39.4 Å². The summed E-state index contributed by atoms with van der Waals surface area (Å²) in [5, 5.41) is 9.13. The van der Waals surface area contributed by atoms with Crippen LogP contribution in [0.4, 0.5) is 0 Å². The number of para-hydroxylation sites is 1. The van der Waals surface area contributed by atoms with E-state index in [1.807, 2.05) is 54.6 Å². The van der Waals surface area contributed by atoms with Crippen molar-refractivity contribution in [1.29, 1.82) is 0 Å². The van der Waals surface area contributed by atoms with Crippen LogP contribution in [0, 0.1) is 0 Å².